The Morgan fingerprint density at radius 3 is 2.78 bits per heavy atom. The minimum absolute atomic E-state index is 0.0706. The number of hydrogen-bond acceptors (Lipinski definition) is 6. The number of rotatable bonds is 6. The Morgan fingerprint density at radius 1 is 1.22 bits per heavy atom. The van der Waals surface area contributed by atoms with Gasteiger partial charge in [0.25, 0.3) is 5.78 Å². The van der Waals surface area contributed by atoms with E-state index in [0.29, 0.717) is 10.6 Å². The molecule has 0 aliphatic rings. The average molecular weight is 348 g/mol. The van der Waals surface area contributed by atoms with Gasteiger partial charge in [0.15, 0.2) is 5.82 Å². The number of nitrogens with one attached hydrogen (secondary N) is 1. The van der Waals surface area contributed by atoms with Crippen molar-refractivity contribution in [2.75, 3.05) is 0 Å². The Hall–Kier alpha value is -2.38. The van der Waals surface area contributed by atoms with E-state index in [-0.39, 0.29) is 12.2 Å². The van der Waals surface area contributed by atoms with Crippen molar-refractivity contribution in [3.05, 3.63) is 59.5 Å². The van der Waals surface area contributed by atoms with Crippen LogP contribution >= 0.6 is 23.4 Å². The number of carbonyl (C=O) groups is 2. The van der Waals surface area contributed by atoms with E-state index in [2.05, 4.69) is 15.2 Å². The zero-order valence-corrected chi connectivity index (χ0v) is 13.2. The van der Waals surface area contributed by atoms with Gasteiger partial charge in [-0.05, 0) is 12.1 Å². The van der Waals surface area contributed by atoms with Crippen molar-refractivity contribution in [2.45, 2.75) is 16.2 Å². The van der Waals surface area contributed by atoms with E-state index in [0.717, 1.165) is 9.79 Å². The van der Waals surface area contributed by atoms with Gasteiger partial charge in [-0.2, -0.15) is 5.10 Å². The lowest BCUT2D eigenvalue weighted by atomic mass is 10.1. The van der Waals surface area contributed by atoms with Crippen LogP contribution in [0.1, 0.15) is 16.2 Å². The molecule has 23 heavy (non-hydrogen) atoms. The molecule has 2 heterocycles. The Balaban J connectivity index is 1.75. The molecular weight excluding hydrogens is 338 g/mol. The van der Waals surface area contributed by atoms with Crippen LogP contribution in [0.4, 0.5) is 0 Å². The monoisotopic (exact) mass is 347 g/mol. The maximum Gasteiger partial charge on any atom is 0.265 e. The van der Waals surface area contributed by atoms with Gasteiger partial charge in [0.1, 0.15) is 12.6 Å². The number of Topliss-reactive ketones (excluding diaryl/α,β-unsaturated/α-hetero) is 2. The van der Waals surface area contributed by atoms with E-state index in [1.807, 2.05) is 18.2 Å². The molecule has 0 saturated heterocycles. The number of carbonyl (C=O) groups excluding carboxylic acids is 2. The highest BCUT2D eigenvalue weighted by Gasteiger charge is 2.21. The van der Waals surface area contributed by atoms with Crippen molar-refractivity contribution in [2.24, 2.45) is 0 Å². The van der Waals surface area contributed by atoms with Gasteiger partial charge >= 0.3 is 0 Å². The van der Waals surface area contributed by atoms with Crippen molar-refractivity contribution < 1.29 is 14.0 Å². The van der Waals surface area contributed by atoms with Gasteiger partial charge in [0.05, 0.1) is 16.2 Å². The fourth-order valence-corrected chi connectivity index (χ4v) is 3.03. The summed E-state index contributed by atoms with van der Waals surface area (Å²) in [7, 11) is 0. The van der Waals surface area contributed by atoms with E-state index in [4.69, 9.17) is 16.0 Å². The molecule has 116 valence electrons. The first-order valence-electron chi connectivity index (χ1n) is 6.55. The largest absolute Gasteiger partial charge is 0.471 e. The lowest BCUT2D eigenvalue weighted by Crippen LogP contribution is -2.18. The maximum absolute atomic E-state index is 12.1. The van der Waals surface area contributed by atoms with Crippen LogP contribution in [0.2, 0.25) is 5.02 Å². The molecule has 3 rings (SSSR count). The lowest BCUT2D eigenvalue weighted by Gasteiger charge is -2.03. The van der Waals surface area contributed by atoms with Crippen LogP contribution in [-0.2, 0) is 11.2 Å². The molecule has 0 atom stereocenters. The standard InChI is InChI=1S/C15H10ClN3O3S/c16-10-3-1-2-4-12(10)23-13-7-22-6-9(13)5-11(20)14(21)15-17-8-18-19-15/h1-4,6-8H,5H2,(H,17,18,19). The van der Waals surface area contributed by atoms with Crippen molar-refractivity contribution in [3.63, 3.8) is 0 Å². The van der Waals surface area contributed by atoms with E-state index < -0.39 is 11.6 Å². The molecule has 0 saturated carbocycles. The minimum atomic E-state index is -0.711. The Kier molecular flexibility index (Phi) is 4.59. The predicted octanol–water partition coefficient (Wildman–Crippen LogP) is 3.20. The van der Waals surface area contributed by atoms with Gasteiger partial charge in [-0.15, -0.1) is 0 Å². The molecule has 2 aromatic heterocycles. The summed E-state index contributed by atoms with van der Waals surface area (Å²) in [5.74, 6) is -1.37. The van der Waals surface area contributed by atoms with Crippen LogP contribution in [0.5, 0.6) is 0 Å². The number of halogens is 1. The van der Waals surface area contributed by atoms with Crippen molar-refractivity contribution >= 4 is 34.9 Å². The molecule has 0 aliphatic carbocycles. The Morgan fingerprint density at radius 2 is 2.04 bits per heavy atom. The van der Waals surface area contributed by atoms with Crippen LogP contribution in [0.25, 0.3) is 0 Å². The van der Waals surface area contributed by atoms with Gasteiger partial charge in [-0.3, -0.25) is 14.7 Å². The molecule has 0 amide bonds. The highest BCUT2D eigenvalue weighted by atomic mass is 35.5. The molecule has 6 nitrogen and oxygen atoms in total. The van der Waals surface area contributed by atoms with E-state index >= 15 is 0 Å². The maximum atomic E-state index is 12.1. The lowest BCUT2D eigenvalue weighted by molar-refractivity contribution is -0.114. The first kappa shape index (κ1) is 15.5. The van der Waals surface area contributed by atoms with Gasteiger partial charge in [-0.25, -0.2) is 4.98 Å². The fourth-order valence-electron chi connectivity index (χ4n) is 1.88. The molecule has 0 radical (unpaired) electrons. The fraction of sp³-hybridized carbons (Fsp3) is 0.0667. The topological polar surface area (TPSA) is 88.8 Å². The van der Waals surface area contributed by atoms with Gasteiger partial charge in [0.2, 0.25) is 5.78 Å². The quantitative estimate of drug-likeness (QED) is 0.544. The van der Waals surface area contributed by atoms with E-state index in [9.17, 15) is 9.59 Å². The van der Waals surface area contributed by atoms with Crippen LogP contribution in [0, 0.1) is 0 Å². The third kappa shape index (κ3) is 3.52. The molecule has 0 unspecified atom stereocenters. The van der Waals surface area contributed by atoms with Gasteiger partial charge < -0.3 is 4.42 Å². The first-order valence-corrected chi connectivity index (χ1v) is 7.75. The van der Waals surface area contributed by atoms with Crippen molar-refractivity contribution in [3.8, 4) is 0 Å². The van der Waals surface area contributed by atoms with Crippen LogP contribution in [0.15, 0.2) is 57.3 Å². The molecule has 1 aromatic carbocycles. The van der Waals surface area contributed by atoms with Crippen LogP contribution < -0.4 is 0 Å². The Bertz CT molecular complexity index is 845. The van der Waals surface area contributed by atoms with Crippen LogP contribution in [0.3, 0.4) is 0 Å². The SMILES string of the molecule is O=C(Cc1cocc1Sc1ccccc1Cl)C(=O)c1ncn[nH]1. The number of nitrogens with zero attached hydrogens (tertiary/aromatic N) is 2. The summed E-state index contributed by atoms with van der Waals surface area (Å²) in [4.78, 5) is 29.2. The molecule has 0 bridgehead atoms. The number of furan rings is 1. The zero-order chi connectivity index (χ0) is 16.2. The highest BCUT2D eigenvalue weighted by Crippen LogP contribution is 2.35. The molecule has 0 fully saturated rings. The summed E-state index contributed by atoms with van der Waals surface area (Å²) in [6.45, 7) is 0. The summed E-state index contributed by atoms with van der Waals surface area (Å²) in [5.41, 5.74) is 0.618. The number of benzene rings is 1. The van der Waals surface area contributed by atoms with E-state index in [1.54, 1.807) is 6.07 Å². The third-order valence-electron chi connectivity index (χ3n) is 2.99. The summed E-state index contributed by atoms with van der Waals surface area (Å²) in [5, 5.41) is 6.55. The zero-order valence-electron chi connectivity index (χ0n) is 11.7. The average Bonchev–Trinajstić information content (AvgIpc) is 3.21. The van der Waals surface area contributed by atoms with Crippen LogP contribution in [-0.4, -0.2) is 26.7 Å². The normalized spacial score (nSPS) is 10.7. The van der Waals surface area contributed by atoms with E-state index in [1.165, 1.54) is 30.6 Å². The number of aromatic amines is 1. The molecule has 3 aromatic rings. The summed E-state index contributed by atoms with van der Waals surface area (Å²) in [6.07, 6.45) is 4.07. The van der Waals surface area contributed by atoms with Gasteiger partial charge in [0, 0.05) is 16.9 Å². The predicted molar refractivity (Wildman–Crippen MR) is 83.7 cm³/mol. The Labute approximate surface area is 140 Å². The number of aromatic nitrogens is 3. The second kappa shape index (κ2) is 6.80. The van der Waals surface area contributed by atoms with Gasteiger partial charge in [-0.1, -0.05) is 35.5 Å². The summed E-state index contributed by atoms with van der Waals surface area (Å²) < 4.78 is 5.17. The van der Waals surface area contributed by atoms with Crippen molar-refractivity contribution in [1.82, 2.24) is 15.2 Å². The summed E-state index contributed by atoms with van der Waals surface area (Å²) >= 11 is 7.50. The molecule has 1 N–H and O–H groups in total. The first-order chi connectivity index (χ1) is 11.1. The molecule has 8 heteroatoms. The highest BCUT2D eigenvalue weighted by molar-refractivity contribution is 7.99. The number of hydrogen-bond donors (Lipinski definition) is 1. The third-order valence-corrected chi connectivity index (χ3v) is 4.59. The number of H-pyrrole nitrogens is 1. The van der Waals surface area contributed by atoms with Crippen molar-refractivity contribution in [1.29, 1.82) is 0 Å². The minimum Gasteiger partial charge on any atom is -0.471 e. The molecule has 0 aliphatic heterocycles. The summed E-state index contributed by atoms with van der Waals surface area (Å²) in [6, 6.07) is 7.35. The number of ketones is 2. The second-order valence-electron chi connectivity index (χ2n) is 4.56. The molecular formula is C15H10ClN3O3S. The smallest absolute Gasteiger partial charge is 0.265 e. The second-order valence-corrected chi connectivity index (χ2v) is 6.05. The molecule has 0 spiro atoms.